The molecule has 2 heterocycles. The highest BCUT2D eigenvalue weighted by Gasteiger charge is 2.24. The first-order valence-electron chi connectivity index (χ1n) is 5.68. The maximum atomic E-state index is 10.8. The Kier molecular flexibility index (Phi) is 3.94. The molecule has 1 aromatic rings. The molecule has 2 saturated heterocycles. The Morgan fingerprint density at radius 1 is 1.12 bits per heavy atom. The summed E-state index contributed by atoms with van der Waals surface area (Å²) in [4.78, 5) is 10.8. The molecule has 1 aromatic carbocycles. The lowest BCUT2D eigenvalue weighted by atomic mass is 10.1. The van der Waals surface area contributed by atoms with Gasteiger partial charge >= 0.3 is 5.97 Å². The van der Waals surface area contributed by atoms with Crippen molar-refractivity contribution in [3.8, 4) is 0 Å². The highest BCUT2D eigenvalue weighted by molar-refractivity contribution is 5.71. The van der Waals surface area contributed by atoms with Crippen molar-refractivity contribution in [2.75, 3.05) is 13.2 Å². The van der Waals surface area contributed by atoms with E-state index in [1.165, 1.54) is 6.42 Å². The molecule has 0 aliphatic carbocycles. The number of cyclic esters (lactones) is 1. The van der Waals surface area contributed by atoms with E-state index in [2.05, 4.69) is 0 Å². The fraction of sp³-hybridized carbons (Fsp3) is 0.462. The quantitative estimate of drug-likeness (QED) is 0.682. The molecule has 3 rings (SSSR count). The molecule has 2 aliphatic heterocycles. The second-order valence-corrected chi connectivity index (χ2v) is 3.89. The number of hydrogen-bond donors (Lipinski definition) is 0. The van der Waals surface area contributed by atoms with Crippen molar-refractivity contribution in [2.24, 2.45) is 0 Å². The molecule has 86 valence electrons. The molecule has 0 amide bonds. The molecule has 1 atom stereocenters. The fourth-order valence-corrected chi connectivity index (χ4v) is 1.57. The molecule has 0 spiro atoms. The third-order valence-corrected chi connectivity index (χ3v) is 2.63. The Labute approximate surface area is 95.4 Å². The van der Waals surface area contributed by atoms with Crippen LogP contribution in [0.15, 0.2) is 30.3 Å². The molecule has 0 saturated carbocycles. The van der Waals surface area contributed by atoms with Gasteiger partial charge in [0, 0.05) is 19.6 Å². The predicted molar refractivity (Wildman–Crippen MR) is 59.9 cm³/mol. The van der Waals surface area contributed by atoms with Gasteiger partial charge in [-0.25, -0.2) is 0 Å². The average Bonchev–Trinajstić information content (AvgIpc) is 2.64. The van der Waals surface area contributed by atoms with Gasteiger partial charge in [0.1, 0.15) is 6.10 Å². The Morgan fingerprint density at radius 2 is 1.75 bits per heavy atom. The zero-order valence-electron chi connectivity index (χ0n) is 9.22. The lowest BCUT2D eigenvalue weighted by molar-refractivity contribution is -0.141. The van der Waals surface area contributed by atoms with Gasteiger partial charge in [0.05, 0.1) is 0 Å². The van der Waals surface area contributed by atoms with Gasteiger partial charge in [0.25, 0.3) is 0 Å². The predicted octanol–water partition coefficient (Wildman–Crippen LogP) is 2.47. The van der Waals surface area contributed by atoms with E-state index in [1.807, 2.05) is 30.3 Å². The maximum absolute atomic E-state index is 10.8. The number of esters is 1. The highest BCUT2D eigenvalue weighted by Crippen LogP contribution is 2.28. The average molecular weight is 220 g/mol. The lowest BCUT2D eigenvalue weighted by Crippen LogP contribution is -2.09. The number of carbonyl (C=O) groups is 1. The molecular weight excluding hydrogens is 204 g/mol. The number of rotatable bonds is 1. The van der Waals surface area contributed by atoms with Gasteiger partial charge in [-0.1, -0.05) is 30.3 Å². The van der Waals surface area contributed by atoms with Crippen molar-refractivity contribution >= 4 is 5.97 Å². The van der Waals surface area contributed by atoms with Crippen molar-refractivity contribution in [1.29, 1.82) is 0 Å². The van der Waals surface area contributed by atoms with E-state index in [1.54, 1.807) is 0 Å². The lowest BCUT2D eigenvalue weighted by Gasteiger charge is -2.09. The third-order valence-electron chi connectivity index (χ3n) is 2.63. The fourth-order valence-electron chi connectivity index (χ4n) is 1.57. The third kappa shape index (κ3) is 3.07. The monoisotopic (exact) mass is 220 g/mol. The molecule has 2 fully saturated rings. The summed E-state index contributed by atoms with van der Waals surface area (Å²) in [5, 5.41) is 0. The van der Waals surface area contributed by atoms with Crippen LogP contribution in [-0.2, 0) is 14.3 Å². The SMILES string of the molecule is C1COC1.O=C1CCC(c2ccccc2)O1. The van der Waals surface area contributed by atoms with Crippen molar-refractivity contribution in [3.63, 3.8) is 0 Å². The summed E-state index contributed by atoms with van der Waals surface area (Å²) in [5.41, 5.74) is 1.10. The minimum absolute atomic E-state index is 0.00120. The van der Waals surface area contributed by atoms with Gasteiger partial charge in [-0.15, -0.1) is 0 Å². The van der Waals surface area contributed by atoms with Crippen LogP contribution in [0.3, 0.4) is 0 Å². The first kappa shape index (κ1) is 11.1. The van der Waals surface area contributed by atoms with E-state index >= 15 is 0 Å². The van der Waals surface area contributed by atoms with Gasteiger partial charge in [-0.3, -0.25) is 4.79 Å². The maximum Gasteiger partial charge on any atom is 0.306 e. The molecule has 3 nitrogen and oxygen atoms in total. The summed E-state index contributed by atoms with van der Waals surface area (Å²) in [6, 6.07) is 9.86. The number of benzene rings is 1. The largest absolute Gasteiger partial charge is 0.457 e. The summed E-state index contributed by atoms with van der Waals surface area (Å²) >= 11 is 0. The first-order valence-corrected chi connectivity index (χ1v) is 5.68. The summed E-state index contributed by atoms with van der Waals surface area (Å²) in [7, 11) is 0. The van der Waals surface area contributed by atoms with Gasteiger partial charge in [-0.2, -0.15) is 0 Å². The van der Waals surface area contributed by atoms with Crippen LogP contribution in [0.2, 0.25) is 0 Å². The number of hydrogen-bond acceptors (Lipinski definition) is 3. The van der Waals surface area contributed by atoms with E-state index in [4.69, 9.17) is 9.47 Å². The van der Waals surface area contributed by atoms with Gasteiger partial charge in [0.2, 0.25) is 0 Å². The summed E-state index contributed by atoms with van der Waals surface area (Å²) in [6.45, 7) is 2.00. The molecule has 0 aromatic heterocycles. The van der Waals surface area contributed by atoms with Crippen LogP contribution in [0.5, 0.6) is 0 Å². The molecular formula is C13H16O3. The topological polar surface area (TPSA) is 35.5 Å². The smallest absolute Gasteiger partial charge is 0.306 e. The van der Waals surface area contributed by atoms with E-state index in [0.29, 0.717) is 6.42 Å². The van der Waals surface area contributed by atoms with Crippen molar-refractivity contribution in [3.05, 3.63) is 35.9 Å². The van der Waals surface area contributed by atoms with Gasteiger partial charge < -0.3 is 9.47 Å². The molecule has 16 heavy (non-hydrogen) atoms. The van der Waals surface area contributed by atoms with E-state index in [9.17, 15) is 4.79 Å². The second kappa shape index (κ2) is 5.66. The molecule has 0 bridgehead atoms. The Hall–Kier alpha value is -1.35. The summed E-state index contributed by atoms with van der Waals surface area (Å²) in [5.74, 6) is -0.0798. The van der Waals surface area contributed by atoms with E-state index in [0.717, 1.165) is 25.2 Å². The van der Waals surface area contributed by atoms with E-state index in [-0.39, 0.29) is 12.1 Å². The van der Waals surface area contributed by atoms with Crippen molar-refractivity contribution in [2.45, 2.75) is 25.4 Å². The Morgan fingerprint density at radius 3 is 2.19 bits per heavy atom. The Balaban J connectivity index is 0.000000203. The van der Waals surface area contributed by atoms with Crippen molar-refractivity contribution < 1.29 is 14.3 Å². The van der Waals surface area contributed by atoms with Crippen molar-refractivity contribution in [1.82, 2.24) is 0 Å². The molecule has 3 heteroatoms. The standard InChI is InChI=1S/C10H10O2.C3H6O/c11-10-7-6-9(12-10)8-4-2-1-3-5-8;1-2-4-3-1/h1-5,9H,6-7H2;1-3H2. The zero-order chi connectivity index (χ0) is 11.2. The minimum atomic E-state index is -0.0798. The molecule has 1 unspecified atom stereocenters. The number of carbonyl (C=O) groups excluding carboxylic acids is 1. The highest BCUT2D eigenvalue weighted by atomic mass is 16.5. The van der Waals surface area contributed by atoms with Crippen LogP contribution >= 0.6 is 0 Å². The van der Waals surface area contributed by atoms with Crippen LogP contribution in [0.4, 0.5) is 0 Å². The van der Waals surface area contributed by atoms with Crippen LogP contribution in [0.25, 0.3) is 0 Å². The molecule has 0 N–H and O–H groups in total. The van der Waals surface area contributed by atoms with Crippen LogP contribution < -0.4 is 0 Å². The normalized spacial score (nSPS) is 22.8. The van der Waals surface area contributed by atoms with Gasteiger partial charge in [-0.05, 0) is 18.4 Å². The minimum Gasteiger partial charge on any atom is -0.457 e. The summed E-state index contributed by atoms with van der Waals surface area (Å²) < 4.78 is 9.83. The summed E-state index contributed by atoms with van der Waals surface area (Å²) in [6.07, 6.45) is 2.65. The molecule has 2 aliphatic rings. The number of ether oxygens (including phenoxy) is 2. The second-order valence-electron chi connectivity index (χ2n) is 3.89. The van der Waals surface area contributed by atoms with Gasteiger partial charge in [0.15, 0.2) is 0 Å². The zero-order valence-corrected chi connectivity index (χ0v) is 9.22. The molecule has 0 radical (unpaired) electrons. The van der Waals surface area contributed by atoms with Crippen LogP contribution in [-0.4, -0.2) is 19.2 Å². The Bertz CT molecular complexity index is 326. The van der Waals surface area contributed by atoms with Crippen LogP contribution in [0, 0.1) is 0 Å². The van der Waals surface area contributed by atoms with Crippen LogP contribution in [0.1, 0.15) is 30.9 Å². The first-order chi connectivity index (χ1) is 7.86. The van der Waals surface area contributed by atoms with E-state index < -0.39 is 0 Å².